The standard InChI is InChI=1S/C10H9NO3.C10H10O4.C9H9ClO3.3C9H10O4.C2H8O4S.CH2BrCl.CN.CH4.Al.Cl2OS.Li.Na.4H/c1-11-5-7-3-8(12-2)10-9(4-7)13-6-14-10;1-6(11)7-3-8(12-2)10-9(4-7)13-5-14-10;2*1-11-7-2-6(4-10)3-8-9(7)13-5-12-8;2*1-5(10)6-3-7(11)9(12)8(4-6)13-2;1-7(2,4,5)6-3;2-1-3;1-2;;;1-4(2)3;;;;;;/h3-4H,5-6H2,2H3;3-4H,5H2,1-2H3;2-3H,4-5H2,1H3;2-3,10H,4-5H2,1H3;2*3-4,11-12H,1-2H3;3H,1-2H3,(H,4,5);1H2;;1H4;;;;;;;;/q;;;;;;;;-1;;;;2*+1;;;;-1. The summed E-state index contributed by atoms with van der Waals surface area (Å²) in [6.07, 6.45) is 1.80. The number of halogens is 5. The number of hydrogen-bond donors (Lipinski definition) is 7. The largest absolute Gasteiger partial charge is 1.00 e. The van der Waals surface area contributed by atoms with Crippen molar-refractivity contribution in [1.29, 1.82) is 5.26 Å². The minimum atomic E-state index is -4.06. The fraction of sp³-hybridized carbons (Fsp3) is 0.328. The smallest absolute Gasteiger partial charge is 1.00 e. The third kappa shape index (κ3) is 34.1. The van der Waals surface area contributed by atoms with Gasteiger partial charge in [0.15, 0.2) is 104 Å². The Morgan fingerprint density at radius 1 is 0.570 bits per heavy atom. The van der Waals surface area contributed by atoms with E-state index >= 15 is 0 Å². The summed E-state index contributed by atoms with van der Waals surface area (Å²) in [7, 11) is 12.2. The molecule has 4 aliphatic rings. The van der Waals surface area contributed by atoms with Gasteiger partial charge in [0.05, 0.1) is 54.1 Å². The topological polar surface area (TPSA) is 394 Å². The molecule has 0 saturated carbocycles. The molecular formula is C61H76AlBrCl4LiN2NaO27S2. The van der Waals surface area contributed by atoms with Gasteiger partial charge in [0, 0.05) is 62.0 Å². The zero-order valence-corrected chi connectivity index (χ0v) is 63.2. The van der Waals surface area contributed by atoms with Crippen LogP contribution in [0.4, 0.5) is 0 Å². The van der Waals surface area contributed by atoms with Gasteiger partial charge in [-0.15, -0.1) is 27.5 Å². The number of fused-ring (bicyclic) bond motifs is 4. The van der Waals surface area contributed by atoms with Gasteiger partial charge in [-0.05, 0) is 105 Å². The van der Waals surface area contributed by atoms with Crippen LogP contribution in [0.3, 0.4) is 0 Å². The van der Waals surface area contributed by atoms with Gasteiger partial charge in [0.2, 0.25) is 77.4 Å². The Hall–Kier alpha value is -6.38. The molecule has 0 saturated heterocycles. The van der Waals surface area contributed by atoms with Crippen LogP contribution in [0.5, 0.6) is 103 Å². The summed E-state index contributed by atoms with van der Waals surface area (Å²) in [5.41, 5.74) is 3.75. The Kier molecular flexibility index (Phi) is 50.9. The molecule has 39 heteroatoms. The molecule has 0 aliphatic carbocycles. The molecule has 0 fully saturated rings. The van der Waals surface area contributed by atoms with Gasteiger partial charge in [0.1, 0.15) is 9.63 Å². The molecule has 0 amide bonds. The van der Waals surface area contributed by atoms with E-state index in [1.165, 1.54) is 66.4 Å². The number of benzene rings is 6. The van der Waals surface area contributed by atoms with Crippen molar-refractivity contribution < 1.29 is 179 Å². The van der Waals surface area contributed by atoms with Crippen LogP contribution in [-0.4, -0.2) is 166 Å². The normalized spacial score (nSPS) is 11.2. The Bertz CT molecular complexity index is 3600. The minimum Gasteiger partial charge on any atom is -1.00 e. The quantitative estimate of drug-likeness (QED) is 0.0111. The monoisotopic (exact) mass is 1610 g/mol. The van der Waals surface area contributed by atoms with Crippen LogP contribution in [0.15, 0.2) is 72.8 Å². The Labute approximate surface area is 654 Å². The van der Waals surface area contributed by atoms with Crippen LogP contribution in [0, 0.1) is 18.4 Å². The number of aliphatic hydroxyl groups excluding tert-OH is 1. The van der Waals surface area contributed by atoms with Gasteiger partial charge in [-0.3, -0.25) is 14.4 Å². The van der Waals surface area contributed by atoms with Crippen LogP contribution in [0.1, 0.15) is 77.4 Å². The molecule has 0 atom stereocenters. The molecule has 100 heavy (non-hydrogen) atoms. The Morgan fingerprint density at radius 2 is 0.820 bits per heavy atom. The van der Waals surface area contributed by atoms with E-state index in [0.29, 0.717) is 103 Å². The maximum absolute atomic E-state index is 11.2. The maximum Gasteiger partial charge on any atom is 1.00 e. The van der Waals surface area contributed by atoms with Crippen molar-refractivity contribution in [1.82, 2.24) is 0 Å². The molecule has 6 aromatic rings. The van der Waals surface area contributed by atoms with Gasteiger partial charge in [-0.2, -0.15) is 0 Å². The van der Waals surface area contributed by atoms with E-state index in [1.54, 1.807) is 51.7 Å². The summed E-state index contributed by atoms with van der Waals surface area (Å²) >= 11 is 13.5. The van der Waals surface area contributed by atoms with Crippen molar-refractivity contribution in [2.75, 3.05) is 87.1 Å². The van der Waals surface area contributed by atoms with Crippen LogP contribution in [0.2, 0.25) is 0 Å². The van der Waals surface area contributed by atoms with Gasteiger partial charge in [-0.25, -0.2) is 20.2 Å². The number of Topliss-reactive ketones (excluding diaryl/α,β-unsaturated/α-hetero) is 3. The summed E-state index contributed by atoms with van der Waals surface area (Å²) in [5.74, 6) is 6.21. The first-order valence-corrected chi connectivity index (χ1v) is 33.9. The number of aromatic hydroxyl groups is 4. The molecule has 0 spiro atoms. The van der Waals surface area contributed by atoms with Crippen LogP contribution < -0.4 is 115 Å². The number of rotatable bonds is 13. The van der Waals surface area contributed by atoms with Crippen molar-refractivity contribution in [3.05, 3.63) is 124 Å². The zero-order valence-electron chi connectivity index (χ0n) is 56.0. The number of aliphatic hydroxyl groups is 1. The van der Waals surface area contributed by atoms with Crippen molar-refractivity contribution in [3.63, 3.8) is 0 Å². The summed E-state index contributed by atoms with van der Waals surface area (Å²) in [4.78, 5) is 36.9. The van der Waals surface area contributed by atoms with Gasteiger partial charge in [0.25, 0.3) is 0 Å². The van der Waals surface area contributed by atoms with E-state index in [4.69, 9.17) is 127 Å². The SMILES string of the molecule is C.COc1cc(C(C)=O)cc(O)c1O.COc1cc(C(C)=O)cc(O)c1O.COc1cc(C(C)=O)cc2c1OCO2.COc1cc(CCl)cc2c1OCO2.COc1cc(CO)cc2c1OCO2.CS(C)(=O)(O)OO.ClCBr.O=S(Cl)Cl.[AlH3].[C-]#N.[C-]#[N+]Cc1cc(OC)c2c(c1)OCO2.[H-].[Li+].[Na+]. The molecule has 0 unspecified atom stereocenters. The molecule has 4 aliphatic heterocycles. The molecule has 29 nitrogen and oxygen atoms in total. The number of phenolic OH excluding ortho intramolecular Hbond substituents is 4. The third-order valence-electron chi connectivity index (χ3n) is 11.4. The van der Waals surface area contributed by atoms with E-state index in [1.807, 2.05) is 18.2 Å². The number of alkyl halides is 3. The van der Waals surface area contributed by atoms with Gasteiger partial charge < -0.3 is 115 Å². The van der Waals surface area contributed by atoms with Gasteiger partial charge >= 0.3 is 48.4 Å². The fourth-order valence-corrected chi connectivity index (χ4v) is 7.29. The molecule has 10 rings (SSSR count). The van der Waals surface area contributed by atoms with E-state index in [2.05, 4.69) is 46.5 Å². The van der Waals surface area contributed by atoms with Crippen molar-refractivity contribution >= 4 is 114 Å². The fourth-order valence-electron chi connectivity index (χ4n) is 7.14. The first-order chi connectivity index (χ1) is 45.3. The van der Waals surface area contributed by atoms with Gasteiger partial charge in [-0.1, -0.05) is 23.4 Å². The molecular weight excluding hydrogens is 1540 g/mol. The van der Waals surface area contributed by atoms with E-state index in [0.717, 1.165) is 29.2 Å². The maximum atomic E-state index is 11.2. The second kappa shape index (κ2) is 50.9. The summed E-state index contributed by atoms with van der Waals surface area (Å²) in [5, 5.41) is 59.6. The Morgan fingerprint density at radius 3 is 1.09 bits per heavy atom. The predicted octanol–water partition coefficient (Wildman–Crippen LogP) is 5.40. The molecule has 544 valence electrons. The average Bonchev–Trinajstić information content (AvgIpc) is 1.08. The zero-order chi connectivity index (χ0) is 73.1. The van der Waals surface area contributed by atoms with Crippen LogP contribution in [0.25, 0.3) is 4.85 Å². The van der Waals surface area contributed by atoms with E-state index < -0.39 is 18.9 Å². The van der Waals surface area contributed by atoms with Crippen molar-refractivity contribution in [3.8, 4) is 103 Å². The molecule has 7 N–H and O–H groups in total. The number of ether oxygens (including phenoxy) is 14. The summed E-state index contributed by atoms with van der Waals surface area (Å²) in [6.45, 7) is 16.9. The van der Waals surface area contributed by atoms with Crippen LogP contribution >= 0.6 is 60.5 Å². The molecule has 0 aromatic heterocycles. The number of ketones is 3. The predicted molar refractivity (Wildman–Crippen MR) is 373 cm³/mol. The first kappa shape index (κ1) is 100.0. The second-order valence-electron chi connectivity index (χ2n) is 18.4. The van der Waals surface area contributed by atoms with E-state index in [-0.39, 0.29) is 160 Å². The number of nitrogens with zero attached hydrogens (tertiary/aromatic N) is 2. The summed E-state index contributed by atoms with van der Waals surface area (Å²) in [6, 6.07) is 19.2. The van der Waals surface area contributed by atoms with Crippen LogP contribution in [-0.2, 0) is 42.2 Å². The van der Waals surface area contributed by atoms with Crippen molar-refractivity contribution in [2.24, 2.45) is 0 Å². The summed E-state index contributed by atoms with van der Waals surface area (Å²) < 4.78 is 103. The number of hydrogen-bond acceptors (Lipinski definition) is 27. The number of carbonyl (C=O) groups is 3. The first-order valence-electron chi connectivity index (χ1n) is 26.2. The Balaban J connectivity index is -0.000000347. The number of methoxy groups -OCH3 is 6. The number of carbonyl (C=O) groups excluding carboxylic acids is 3. The second-order valence-corrected chi connectivity index (χ2v) is 26.1. The molecule has 6 aromatic carbocycles. The molecule has 4 heterocycles. The molecule has 0 bridgehead atoms. The minimum absolute atomic E-state index is 0. The average molecular weight is 1610 g/mol. The van der Waals surface area contributed by atoms with E-state index in [9.17, 15) is 39.0 Å². The third-order valence-corrected chi connectivity index (χ3v) is 12.1. The molecule has 0 radical (unpaired) electrons. The number of phenols is 4. The van der Waals surface area contributed by atoms with Crippen molar-refractivity contribution in [2.45, 2.75) is 47.2 Å².